The van der Waals surface area contributed by atoms with Crippen molar-refractivity contribution >= 4 is 11.6 Å². The van der Waals surface area contributed by atoms with E-state index >= 15 is 0 Å². The van der Waals surface area contributed by atoms with Crippen molar-refractivity contribution in [3.8, 4) is 11.8 Å². The van der Waals surface area contributed by atoms with E-state index in [0.29, 0.717) is 18.2 Å². The molecule has 1 aromatic carbocycles. The van der Waals surface area contributed by atoms with Crippen LogP contribution in [0.5, 0.6) is 5.75 Å². The average molecular weight is 273 g/mol. The minimum atomic E-state index is -0.430. The third-order valence-electron chi connectivity index (χ3n) is 2.56. The van der Waals surface area contributed by atoms with Gasteiger partial charge in [0, 0.05) is 12.7 Å². The van der Waals surface area contributed by atoms with Crippen molar-refractivity contribution in [3.63, 3.8) is 0 Å². The monoisotopic (exact) mass is 273 g/mol. The molecule has 0 saturated carbocycles. The second kappa shape index (κ2) is 7.19. The van der Waals surface area contributed by atoms with Gasteiger partial charge in [0.15, 0.2) is 0 Å². The molecule has 1 amide bonds. The van der Waals surface area contributed by atoms with Gasteiger partial charge in [0.1, 0.15) is 17.4 Å². The van der Waals surface area contributed by atoms with Crippen LogP contribution in [0.1, 0.15) is 19.4 Å². The third kappa shape index (κ3) is 4.65. The van der Waals surface area contributed by atoms with Gasteiger partial charge in [-0.3, -0.25) is 4.79 Å². The van der Waals surface area contributed by atoms with E-state index in [1.807, 2.05) is 26.8 Å². The van der Waals surface area contributed by atoms with Crippen molar-refractivity contribution in [2.45, 2.75) is 20.8 Å². The zero-order valence-corrected chi connectivity index (χ0v) is 11.9. The van der Waals surface area contributed by atoms with Crippen LogP contribution in [0.15, 0.2) is 30.0 Å². The van der Waals surface area contributed by atoms with Gasteiger partial charge in [-0.05, 0) is 30.5 Å². The highest BCUT2D eigenvalue weighted by Crippen LogP contribution is 2.23. The van der Waals surface area contributed by atoms with Gasteiger partial charge in [0.05, 0.1) is 5.69 Å². The second-order valence-electron chi connectivity index (χ2n) is 4.94. The van der Waals surface area contributed by atoms with Crippen LogP contribution < -0.4 is 10.6 Å². The first-order chi connectivity index (χ1) is 9.43. The topological polar surface area (TPSA) is 85.2 Å². The summed E-state index contributed by atoms with van der Waals surface area (Å²) in [4.78, 5) is 11.7. The van der Waals surface area contributed by atoms with Gasteiger partial charge < -0.3 is 15.7 Å². The molecule has 0 aromatic heterocycles. The molecule has 106 valence electrons. The van der Waals surface area contributed by atoms with E-state index in [1.165, 1.54) is 6.20 Å². The molecule has 5 heteroatoms. The maximum absolute atomic E-state index is 11.7. The van der Waals surface area contributed by atoms with E-state index in [-0.39, 0.29) is 11.3 Å². The summed E-state index contributed by atoms with van der Waals surface area (Å²) in [7, 11) is 0. The van der Waals surface area contributed by atoms with Crippen LogP contribution in [0.25, 0.3) is 0 Å². The number of carbonyl (C=O) groups is 1. The highest BCUT2D eigenvalue weighted by atomic mass is 16.3. The SMILES string of the molecule is Cc1ccc(O)c(N/C=C(/C#N)C(=O)NCC(C)C)c1. The minimum Gasteiger partial charge on any atom is -0.506 e. The predicted molar refractivity (Wildman–Crippen MR) is 78.0 cm³/mol. The Labute approximate surface area is 118 Å². The van der Waals surface area contributed by atoms with Gasteiger partial charge in [-0.15, -0.1) is 0 Å². The smallest absolute Gasteiger partial charge is 0.263 e. The summed E-state index contributed by atoms with van der Waals surface area (Å²) in [6, 6.07) is 6.88. The lowest BCUT2D eigenvalue weighted by Crippen LogP contribution is -2.28. The molecule has 1 rings (SSSR count). The molecule has 1 aromatic rings. The summed E-state index contributed by atoms with van der Waals surface area (Å²) in [6.07, 6.45) is 1.30. The lowest BCUT2D eigenvalue weighted by atomic mass is 10.2. The van der Waals surface area contributed by atoms with Crippen LogP contribution >= 0.6 is 0 Å². The molecule has 0 fully saturated rings. The number of amides is 1. The quantitative estimate of drug-likeness (QED) is 0.436. The van der Waals surface area contributed by atoms with Crippen molar-refractivity contribution in [1.82, 2.24) is 5.32 Å². The fraction of sp³-hybridized carbons (Fsp3) is 0.333. The number of rotatable bonds is 5. The fourth-order valence-corrected chi connectivity index (χ4v) is 1.46. The fourth-order valence-electron chi connectivity index (χ4n) is 1.46. The molecule has 0 radical (unpaired) electrons. The number of nitrogens with zero attached hydrogens (tertiary/aromatic N) is 1. The first-order valence-corrected chi connectivity index (χ1v) is 6.38. The maximum Gasteiger partial charge on any atom is 0.263 e. The standard InChI is InChI=1S/C15H19N3O2/c1-10(2)8-18-15(20)12(7-16)9-17-13-6-11(3)4-5-14(13)19/h4-6,9-10,17,19H,8H2,1-3H3,(H,18,20)/b12-9-. The Bertz CT molecular complexity index is 557. The molecule has 20 heavy (non-hydrogen) atoms. The Balaban J connectivity index is 2.78. The highest BCUT2D eigenvalue weighted by Gasteiger charge is 2.09. The van der Waals surface area contributed by atoms with Crippen molar-refractivity contribution in [2.75, 3.05) is 11.9 Å². The summed E-state index contributed by atoms with van der Waals surface area (Å²) in [6.45, 7) is 6.33. The number of phenols is 1. The van der Waals surface area contributed by atoms with E-state index in [2.05, 4.69) is 10.6 Å². The van der Waals surface area contributed by atoms with E-state index in [4.69, 9.17) is 5.26 Å². The Morgan fingerprint density at radius 2 is 2.20 bits per heavy atom. The number of aromatic hydroxyl groups is 1. The van der Waals surface area contributed by atoms with Gasteiger partial charge in [-0.25, -0.2) is 0 Å². The van der Waals surface area contributed by atoms with Crippen LogP contribution in [-0.2, 0) is 4.79 Å². The molecule has 0 atom stereocenters. The molecule has 0 heterocycles. The van der Waals surface area contributed by atoms with Gasteiger partial charge in [0.2, 0.25) is 0 Å². The van der Waals surface area contributed by atoms with Crippen LogP contribution in [-0.4, -0.2) is 17.6 Å². The number of phenolic OH excluding ortho intramolecular Hbond substituents is 1. The Morgan fingerprint density at radius 1 is 1.50 bits per heavy atom. The summed E-state index contributed by atoms with van der Waals surface area (Å²) in [5.74, 6) is -0.0553. The molecule has 0 unspecified atom stereocenters. The van der Waals surface area contributed by atoms with E-state index in [1.54, 1.807) is 18.2 Å². The molecular weight excluding hydrogens is 254 g/mol. The number of nitrogens with one attached hydrogen (secondary N) is 2. The molecule has 0 spiro atoms. The van der Waals surface area contributed by atoms with Crippen molar-refractivity contribution in [2.24, 2.45) is 5.92 Å². The van der Waals surface area contributed by atoms with Crippen molar-refractivity contribution in [3.05, 3.63) is 35.5 Å². The Morgan fingerprint density at radius 3 is 2.80 bits per heavy atom. The minimum absolute atomic E-state index is 0.0356. The first kappa shape index (κ1) is 15.6. The second-order valence-corrected chi connectivity index (χ2v) is 4.94. The Hall–Kier alpha value is -2.48. The molecule has 0 bridgehead atoms. The summed E-state index contributed by atoms with van der Waals surface area (Å²) in [5.41, 5.74) is 1.38. The van der Waals surface area contributed by atoms with Crippen LogP contribution in [0, 0.1) is 24.2 Å². The van der Waals surface area contributed by atoms with Gasteiger partial charge in [-0.1, -0.05) is 19.9 Å². The molecule has 0 aliphatic carbocycles. The zero-order valence-electron chi connectivity index (χ0n) is 11.9. The lowest BCUT2D eigenvalue weighted by molar-refractivity contribution is -0.117. The normalized spacial score (nSPS) is 11.1. The highest BCUT2D eigenvalue weighted by molar-refractivity contribution is 5.97. The van der Waals surface area contributed by atoms with E-state index < -0.39 is 5.91 Å². The number of hydrogen-bond donors (Lipinski definition) is 3. The van der Waals surface area contributed by atoms with Gasteiger partial charge in [-0.2, -0.15) is 5.26 Å². The van der Waals surface area contributed by atoms with Gasteiger partial charge >= 0.3 is 0 Å². The molecule has 0 aliphatic rings. The third-order valence-corrected chi connectivity index (χ3v) is 2.56. The number of nitriles is 1. The van der Waals surface area contributed by atoms with Crippen LogP contribution in [0.2, 0.25) is 0 Å². The molecule has 3 N–H and O–H groups in total. The number of aryl methyl sites for hydroxylation is 1. The van der Waals surface area contributed by atoms with Crippen LogP contribution in [0.3, 0.4) is 0 Å². The first-order valence-electron chi connectivity index (χ1n) is 6.38. The largest absolute Gasteiger partial charge is 0.506 e. The summed E-state index contributed by atoms with van der Waals surface area (Å²) < 4.78 is 0. The summed E-state index contributed by atoms with van der Waals surface area (Å²) in [5, 5.41) is 24.1. The molecular formula is C15H19N3O2. The van der Waals surface area contributed by atoms with Crippen LogP contribution in [0.4, 0.5) is 5.69 Å². The number of carbonyl (C=O) groups excluding carboxylic acids is 1. The van der Waals surface area contributed by atoms with Crippen molar-refractivity contribution < 1.29 is 9.90 Å². The van der Waals surface area contributed by atoms with Gasteiger partial charge in [0.25, 0.3) is 5.91 Å². The summed E-state index contributed by atoms with van der Waals surface area (Å²) >= 11 is 0. The molecule has 0 aliphatic heterocycles. The Kier molecular flexibility index (Phi) is 5.60. The average Bonchev–Trinajstić information content (AvgIpc) is 2.40. The number of anilines is 1. The van der Waals surface area contributed by atoms with E-state index in [0.717, 1.165) is 5.56 Å². The molecule has 0 saturated heterocycles. The number of benzene rings is 1. The predicted octanol–water partition coefficient (Wildman–Crippen LogP) is 2.29. The number of hydrogen-bond acceptors (Lipinski definition) is 4. The zero-order chi connectivity index (χ0) is 15.1. The lowest BCUT2D eigenvalue weighted by Gasteiger charge is -2.08. The molecule has 5 nitrogen and oxygen atoms in total. The van der Waals surface area contributed by atoms with Crippen molar-refractivity contribution in [1.29, 1.82) is 5.26 Å². The maximum atomic E-state index is 11.7. The van der Waals surface area contributed by atoms with E-state index in [9.17, 15) is 9.90 Å².